The van der Waals surface area contributed by atoms with Crippen LogP contribution in [0.15, 0.2) is 49.2 Å². The second-order valence-corrected chi connectivity index (χ2v) is 6.91. The molecule has 1 saturated carbocycles. The lowest BCUT2D eigenvalue weighted by Crippen LogP contribution is -2.13. The van der Waals surface area contributed by atoms with E-state index in [-0.39, 0.29) is 0 Å². The van der Waals surface area contributed by atoms with Crippen molar-refractivity contribution in [2.24, 2.45) is 11.8 Å². The highest BCUT2D eigenvalue weighted by Gasteiger charge is 2.19. The van der Waals surface area contributed by atoms with Crippen molar-refractivity contribution in [1.29, 1.82) is 0 Å². The molecule has 3 rings (SSSR count). The molecule has 0 spiro atoms. The molecule has 2 aromatic rings. The summed E-state index contributed by atoms with van der Waals surface area (Å²) >= 11 is 0. The van der Waals surface area contributed by atoms with E-state index in [4.69, 9.17) is 0 Å². The van der Waals surface area contributed by atoms with Crippen molar-refractivity contribution in [2.45, 2.75) is 38.5 Å². The number of aromatic nitrogens is 1. The smallest absolute Gasteiger partial charge is 0.159 e. The Balaban J connectivity index is 1.59. The summed E-state index contributed by atoms with van der Waals surface area (Å²) in [7, 11) is 0. The lowest BCUT2D eigenvalue weighted by molar-refractivity contribution is 0.303. The summed E-state index contributed by atoms with van der Waals surface area (Å²) in [4.78, 5) is 4.33. The Morgan fingerprint density at radius 3 is 2.54 bits per heavy atom. The number of hydrogen-bond acceptors (Lipinski definition) is 1. The summed E-state index contributed by atoms with van der Waals surface area (Å²) in [5, 5.41) is 0. The minimum absolute atomic E-state index is 0.459. The molecule has 1 heterocycles. The number of halogens is 2. The van der Waals surface area contributed by atoms with Crippen molar-refractivity contribution in [3.63, 3.8) is 0 Å². The molecule has 1 nitrogen and oxygen atoms in total. The van der Waals surface area contributed by atoms with Crippen LogP contribution in [0.2, 0.25) is 0 Å². The van der Waals surface area contributed by atoms with Gasteiger partial charge in [0.05, 0.1) is 5.69 Å². The van der Waals surface area contributed by atoms with Gasteiger partial charge in [0, 0.05) is 23.2 Å². The summed E-state index contributed by atoms with van der Waals surface area (Å²) in [6.45, 7) is 3.79. The standard InChI is InChI=1S/C23H23F2N/c1-2-3-4-17-5-7-18(8-6-17)9-10-19-11-14-23(26-16-19)20-12-13-21(24)22(25)15-20/h2,11-18H,1,3-8H2/t17-,18-. The zero-order chi connectivity index (χ0) is 18.4. The van der Waals surface area contributed by atoms with E-state index < -0.39 is 11.6 Å². The molecule has 134 valence electrons. The summed E-state index contributed by atoms with van der Waals surface area (Å²) in [5.41, 5.74) is 2.02. The Labute approximate surface area is 154 Å². The van der Waals surface area contributed by atoms with E-state index in [1.807, 2.05) is 12.1 Å². The van der Waals surface area contributed by atoms with Crippen LogP contribution in [0.3, 0.4) is 0 Å². The number of pyridine rings is 1. The number of rotatable bonds is 4. The summed E-state index contributed by atoms with van der Waals surface area (Å²) in [6.07, 6.45) is 10.9. The van der Waals surface area contributed by atoms with Crippen LogP contribution in [0.4, 0.5) is 8.78 Å². The highest BCUT2D eigenvalue weighted by molar-refractivity contribution is 5.59. The van der Waals surface area contributed by atoms with Crippen LogP contribution >= 0.6 is 0 Å². The predicted octanol–water partition coefficient (Wildman–Crippen LogP) is 6.15. The van der Waals surface area contributed by atoms with Crippen molar-refractivity contribution < 1.29 is 8.78 Å². The second kappa shape index (κ2) is 8.76. The Morgan fingerprint density at radius 2 is 1.88 bits per heavy atom. The third-order valence-electron chi connectivity index (χ3n) is 5.03. The molecule has 0 aliphatic heterocycles. The Morgan fingerprint density at radius 1 is 1.08 bits per heavy atom. The van der Waals surface area contributed by atoms with Gasteiger partial charge in [-0.05, 0) is 74.8 Å². The van der Waals surface area contributed by atoms with Gasteiger partial charge in [0.15, 0.2) is 11.6 Å². The van der Waals surface area contributed by atoms with Crippen LogP contribution in [-0.2, 0) is 0 Å². The minimum atomic E-state index is -0.864. The fourth-order valence-electron chi connectivity index (χ4n) is 3.43. The van der Waals surface area contributed by atoms with Crippen molar-refractivity contribution in [3.05, 3.63) is 66.4 Å². The van der Waals surface area contributed by atoms with Crippen molar-refractivity contribution in [1.82, 2.24) is 4.98 Å². The van der Waals surface area contributed by atoms with E-state index in [2.05, 4.69) is 23.4 Å². The highest BCUT2D eigenvalue weighted by atomic mass is 19.2. The Kier molecular flexibility index (Phi) is 6.17. The Bertz CT molecular complexity index is 806. The average Bonchev–Trinajstić information content (AvgIpc) is 2.68. The van der Waals surface area contributed by atoms with E-state index in [0.717, 1.165) is 42.9 Å². The molecular formula is C23H23F2N. The van der Waals surface area contributed by atoms with Crippen LogP contribution in [0.5, 0.6) is 0 Å². The molecule has 1 aromatic carbocycles. The van der Waals surface area contributed by atoms with Gasteiger partial charge in [0.1, 0.15) is 0 Å². The van der Waals surface area contributed by atoms with Crippen LogP contribution in [0, 0.1) is 35.3 Å². The zero-order valence-corrected chi connectivity index (χ0v) is 14.8. The zero-order valence-electron chi connectivity index (χ0n) is 14.8. The third-order valence-corrected chi connectivity index (χ3v) is 5.03. The number of nitrogens with zero attached hydrogens (tertiary/aromatic N) is 1. The number of benzene rings is 1. The molecule has 0 radical (unpaired) electrons. The van der Waals surface area contributed by atoms with Crippen molar-refractivity contribution >= 4 is 0 Å². The van der Waals surface area contributed by atoms with Crippen molar-refractivity contribution in [2.75, 3.05) is 0 Å². The van der Waals surface area contributed by atoms with E-state index in [9.17, 15) is 8.78 Å². The van der Waals surface area contributed by atoms with Crippen molar-refractivity contribution in [3.8, 4) is 23.1 Å². The summed E-state index contributed by atoms with van der Waals surface area (Å²) in [5.74, 6) is 6.15. The fraction of sp³-hybridized carbons (Fsp3) is 0.348. The van der Waals surface area contributed by atoms with Gasteiger partial charge in [-0.3, -0.25) is 4.98 Å². The molecule has 1 aromatic heterocycles. The fourth-order valence-corrected chi connectivity index (χ4v) is 3.43. The molecule has 0 bridgehead atoms. The SMILES string of the molecule is C=CCC[C@H]1CC[C@H](C#Cc2ccc(-c3ccc(F)c(F)c3)nc2)CC1. The number of allylic oxidation sites excluding steroid dienone is 1. The van der Waals surface area contributed by atoms with Gasteiger partial charge >= 0.3 is 0 Å². The maximum atomic E-state index is 13.3. The normalized spacial score (nSPS) is 19.5. The van der Waals surface area contributed by atoms with Gasteiger partial charge < -0.3 is 0 Å². The highest BCUT2D eigenvalue weighted by Crippen LogP contribution is 2.31. The van der Waals surface area contributed by atoms with E-state index >= 15 is 0 Å². The number of hydrogen-bond donors (Lipinski definition) is 0. The quantitative estimate of drug-likeness (QED) is 0.475. The van der Waals surface area contributed by atoms with Crippen LogP contribution < -0.4 is 0 Å². The second-order valence-electron chi connectivity index (χ2n) is 6.91. The van der Waals surface area contributed by atoms with Crippen LogP contribution in [0.1, 0.15) is 44.1 Å². The van der Waals surface area contributed by atoms with E-state index in [0.29, 0.717) is 17.2 Å². The summed E-state index contributed by atoms with van der Waals surface area (Å²) in [6, 6.07) is 7.48. The molecule has 26 heavy (non-hydrogen) atoms. The van der Waals surface area contributed by atoms with Gasteiger partial charge in [-0.2, -0.15) is 0 Å². The largest absolute Gasteiger partial charge is 0.255 e. The maximum Gasteiger partial charge on any atom is 0.159 e. The Hall–Kier alpha value is -2.47. The van der Waals surface area contributed by atoms with Gasteiger partial charge in [0.2, 0.25) is 0 Å². The molecule has 0 N–H and O–H groups in total. The first kappa shape index (κ1) is 18.3. The first-order valence-electron chi connectivity index (χ1n) is 9.19. The third kappa shape index (κ3) is 4.79. The maximum absolute atomic E-state index is 13.3. The predicted molar refractivity (Wildman–Crippen MR) is 101 cm³/mol. The first-order chi connectivity index (χ1) is 12.7. The van der Waals surface area contributed by atoms with Gasteiger partial charge in [-0.1, -0.05) is 17.9 Å². The lowest BCUT2D eigenvalue weighted by atomic mass is 9.80. The molecule has 0 saturated heterocycles. The molecular weight excluding hydrogens is 328 g/mol. The molecule has 0 amide bonds. The minimum Gasteiger partial charge on any atom is -0.255 e. The van der Waals surface area contributed by atoms with Gasteiger partial charge in [0.25, 0.3) is 0 Å². The molecule has 3 heteroatoms. The molecule has 0 unspecified atom stereocenters. The monoisotopic (exact) mass is 351 g/mol. The van der Waals surface area contributed by atoms with E-state index in [1.54, 1.807) is 12.3 Å². The topological polar surface area (TPSA) is 12.9 Å². The van der Waals surface area contributed by atoms with Crippen LogP contribution in [-0.4, -0.2) is 4.98 Å². The molecule has 1 fully saturated rings. The molecule has 1 aliphatic carbocycles. The van der Waals surface area contributed by atoms with E-state index in [1.165, 1.54) is 25.3 Å². The van der Waals surface area contributed by atoms with Gasteiger partial charge in [-0.15, -0.1) is 6.58 Å². The summed E-state index contributed by atoms with van der Waals surface area (Å²) < 4.78 is 26.4. The van der Waals surface area contributed by atoms with Crippen LogP contribution in [0.25, 0.3) is 11.3 Å². The van der Waals surface area contributed by atoms with Gasteiger partial charge in [-0.25, -0.2) is 8.78 Å². The first-order valence-corrected chi connectivity index (χ1v) is 9.19. The lowest BCUT2D eigenvalue weighted by Gasteiger charge is -2.25. The molecule has 0 atom stereocenters. The molecule has 1 aliphatic rings. The average molecular weight is 351 g/mol.